The van der Waals surface area contributed by atoms with Gasteiger partial charge in [0.05, 0.1) is 24.8 Å². The minimum Gasteiger partial charge on any atom is -0.507 e. The van der Waals surface area contributed by atoms with Crippen molar-refractivity contribution in [2.24, 2.45) is 0 Å². The Kier molecular flexibility index (Phi) is 9.02. The third-order valence-corrected chi connectivity index (χ3v) is 9.88. The van der Waals surface area contributed by atoms with E-state index in [9.17, 15) is 14.7 Å². The number of rotatable bonds is 10. The summed E-state index contributed by atoms with van der Waals surface area (Å²) in [6, 6.07) is 17.0. The van der Waals surface area contributed by atoms with Gasteiger partial charge in [-0.3, -0.25) is 14.5 Å². The van der Waals surface area contributed by atoms with Gasteiger partial charge < -0.3 is 19.3 Å². The molecule has 0 spiro atoms. The quantitative estimate of drug-likeness (QED) is 0.0617. The smallest absolute Gasteiger partial charge is 0.301 e. The number of hydrogen-bond acceptors (Lipinski definition) is 10. The topological polar surface area (TPSA) is 111 Å². The maximum Gasteiger partial charge on any atom is 0.301 e. The van der Waals surface area contributed by atoms with Gasteiger partial charge in [-0.2, -0.15) is 0 Å². The zero-order valence-corrected chi connectivity index (χ0v) is 27.2. The molecule has 2 unspecified atom stereocenters. The van der Waals surface area contributed by atoms with Crippen LogP contribution in [-0.4, -0.2) is 46.3 Å². The Morgan fingerprint density at radius 1 is 1.07 bits per heavy atom. The number of fused-ring (bicyclic) bond motifs is 1. The predicted octanol–water partition coefficient (Wildman–Crippen LogP) is 7.23. The molecule has 0 aliphatic carbocycles. The zero-order chi connectivity index (χ0) is 31.7. The molecule has 2 aliphatic heterocycles. The molecule has 3 aromatic carbocycles. The summed E-state index contributed by atoms with van der Waals surface area (Å²) in [5.74, 6) is 0.349. The Hall–Kier alpha value is -4.06. The van der Waals surface area contributed by atoms with E-state index in [0.29, 0.717) is 57.4 Å². The van der Waals surface area contributed by atoms with Crippen molar-refractivity contribution in [1.29, 1.82) is 0 Å². The highest BCUT2D eigenvalue weighted by atomic mass is 35.5. The number of ether oxygens (including phenoxy) is 3. The van der Waals surface area contributed by atoms with Gasteiger partial charge in [-0.15, -0.1) is 10.2 Å². The van der Waals surface area contributed by atoms with Crippen LogP contribution in [0.15, 0.2) is 70.6 Å². The summed E-state index contributed by atoms with van der Waals surface area (Å²) in [6.07, 6.45) is 0.677. The number of anilines is 1. The van der Waals surface area contributed by atoms with Crippen LogP contribution in [-0.2, 0) is 21.8 Å². The van der Waals surface area contributed by atoms with Gasteiger partial charge in [0, 0.05) is 22.8 Å². The second-order valence-electron chi connectivity index (χ2n) is 10.4. The normalized spacial score (nSPS) is 18.6. The number of amides is 1. The van der Waals surface area contributed by atoms with Gasteiger partial charge in [-0.1, -0.05) is 59.0 Å². The number of nitrogens with zero attached hydrogens (tertiary/aromatic N) is 3. The Labute approximate surface area is 273 Å². The first-order valence-corrected chi connectivity index (χ1v) is 16.7. The van der Waals surface area contributed by atoms with Crippen LogP contribution in [0.3, 0.4) is 0 Å². The Bertz CT molecular complexity index is 1810. The number of ketones is 1. The minimum absolute atomic E-state index is 0.00574. The van der Waals surface area contributed by atoms with Crippen LogP contribution < -0.4 is 19.1 Å². The van der Waals surface area contributed by atoms with Crippen molar-refractivity contribution in [3.05, 3.63) is 93.5 Å². The lowest BCUT2D eigenvalue weighted by Gasteiger charge is -2.23. The van der Waals surface area contributed by atoms with Crippen molar-refractivity contribution in [3.63, 3.8) is 0 Å². The SMILES string of the molecule is CCOc1ccc(C2/C(=C(\O)c3ccc4c(c3)CC(C)O4)C(=O)C(=O)N2c2nnc(SCc3ccccc3Cl)s2)cc1OCC. The van der Waals surface area contributed by atoms with E-state index < -0.39 is 17.7 Å². The summed E-state index contributed by atoms with van der Waals surface area (Å²) in [4.78, 5) is 28.8. The van der Waals surface area contributed by atoms with E-state index in [0.717, 1.165) is 16.9 Å². The molecule has 6 rings (SSSR count). The number of carbonyl (C=O) groups excluding carboxylic acids is 2. The van der Waals surface area contributed by atoms with Crippen molar-refractivity contribution in [2.75, 3.05) is 18.1 Å². The fourth-order valence-corrected chi connectivity index (χ4v) is 7.57. The van der Waals surface area contributed by atoms with Crippen molar-refractivity contribution in [1.82, 2.24) is 10.2 Å². The van der Waals surface area contributed by atoms with Gasteiger partial charge in [-0.05, 0) is 73.9 Å². The lowest BCUT2D eigenvalue weighted by atomic mass is 9.94. The minimum atomic E-state index is -1.00. The largest absolute Gasteiger partial charge is 0.507 e. The fraction of sp³-hybridized carbons (Fsp3) is 0.273. The molecule has 9 nitrogen and oxygen atoms in total. The van der Waals surface area contributed by atoms with Gasteiger partial charge in [0.15, 0.2) is 15.8 Å². The van der Waals surface area contributed by atoms with Gasteiger partial charge in [0.2, 0.25) is 5.13 Å². The Morgan fingerprint density at radius 3 is 2.62 bits per heavy atom. The number of benzene rings is 3. The maximum atomic E-state index is 13.8. The molecule has 1 aromatic heterocycles. The average Bonchev–Trinajstić information content (AvgIpc) is 3.72. The van der Waals surface area contributed by atoms with E-state index in [2.05, 4.69) is 10.2 Å². The third kappa shape index (κ3) is 6.12. The maximum absolute atomic E-state index is 13.8. The highest BCUT2D eigenvalue weighted by Gasteiger charge is 2.48. The lowest BCUT2D eigenvalue weighted by Crippen LogP contribution is -2.29. The summed E-state index contributed by atoms with van der Waals surface area (Å²) >= 11 is 8.94. The lowest BCUT2D eigenvalue weighted by molar-refractivity contribution is -0.132. The standard InChI is InChI=1S/C33H30ClN3O6S2/c1-4-41-25-13-10-19(16-26(25)42-5-2)28-27(29(38)20-11-12-24-22(15-20)14-18(3)43-24)30(39)31(40)37(28)32-35-36-33(45-32)44-17-21-8-6-7-9-23(21)34/h6-13,15-16,18,28,38H,4-5,14,17H2,1-3H3/b29-27+. The summed E-state index contributed by atoms with van der Waals surface area (Å²) in [5.41, 5.74) is 2.76. The first-order valence-electron chi connectivity index (χ1n) is 14.5. The van der Waals surface area contributed by atoms with Crippen LogP contribution in [0.4, 0.5) is 5.13 Å². The number of aromatic nitrogens is 2. The molecular weight excluding hydrogens is 634 g/mol. The van der Waals surface area contributed by atoms with E-state index in [4.69, 9.17) is 25.8 Å². The average molecular weight is 664 g/mol. The number of thioether (sulfide) groups is 1. The third-order valence-electron chi connectivity index (χ3n) is 7.41. The number of aliphatic hydroxyl groups is 1. The summed E-state index contributed by atoms with van der Waals surface area (Å²) < 4.78 is 18.0. The van der Waals surface area contributed by atoms with Crippen molar-refractivity contribution >= 4 is 57.3 Å². The number of Topliss-reactive ketones (excluding diaryl/α,β-unsaturated/α-hetero) is 1. The molecule has 0 radical (unpaired) electrons. The molecule has 2 atom stereocenters. The van der Waals surface area contributed by atoms with E-state index >= 15 is 0 Å². The molecule has 0 bridgehead atoms. The highest BCUT2D eigenvalue weighted by molar-refractivity contribution is 8.00. The summed E-state index contributed by atoms with van der Waals surface area (Å²) in [5, 5.41) is 21.2. The van der Waals surface area contributed by atoms with Crippen molar-refractivity contribution in [3.8, 4) is 17.2 Å². The summed E-state index contributed by atoms with van der Waals surface area (Å²) in [7, 11) is 0. The van der Waals surface area contributed by atoms with Crippen LogP contribution in [0, 0.1) is 0 Å². The molecule has 2 aliphatic rings. The van der Waals surface area contributed by atoms with E-state index in [-0.39, 0.29) is 22.6 Å². The van der Waals surface area contributed by atoms with E-state index in [1.54, 1.807) is 36.4 Å². The molecule has 45 heavy (non-hydrogen) atoms. The first kappa shape index (κ1) is 30.9. The van der Waals surface area contributed by atoms with Crippen molar-refractivity contribution in [2.45, 2.75) is 49.4 Å². The van der Waals surface area contributed by atoms with E-state index in [1.807, 2.05) is 45.0 Å². The number of carbonyl (C=O) groups is 2. The monoisotopic (exact) mass is 663 g/mol. The predicted molar refractivity (Wildman–Crippen MR) is 175 cm³/mol. The van der Waals surface area contributed by atoms with Gasteiger partial charge in [0.1, 0.15) is 17.6 Å². The molecule has 1 N–H and O–H groups in total. The Balaban J connectivity index is 1.43. The molecule has 1 fully saturated rings. The molecule has 4 aromatic rings. The van der Waals surface area contributed by atoms with Gasteiger partial charge >= 0.3 is 5.91 Å². The molecule has 12 heteroatoms. The molecule has 1 amide bonds. The van der Waals surface area contributed by atoms with E-state index in [1.165, 1.54) is 28.0 Å². The second kappa shape index (κ2) is 13.1. The van der Waals surface area contributed by atoms with Crippen LogP contribution >= 0.6 is 34.7 Å². The van der Waals surface area contributed by atoms with Gasteiger partial charge in [-0.25, -0.2) is 0 Å². The Morgan fingerprint density at radius 2 is 1.84 bits per heavy atom. The molecule has 1 saturated heterocycles. The number of hydrogen-bond donors (Lipinski definition) is 1. The van der Waals surface area contributed by atoms with Crippen molar-refractivity contribution < 1.29 is 28.9 Å². The molecule has 0 saturated carbocycles. The van der Waals surface area contributed by atoms with Crippen LogP contribution in [0.1, 0.15) is 49.1 Å². The first-order chi connectivity index (χ1) is 21.8. The molecule has 232 valence electrons. The van der Waals surface area contributed by atoms with Gasteiger partial charge in [0.25, 0.3) is 5.78 Å². The number of halogens is 1. The van der Waals surface area contributed by atoms with Crippen LogP contribution in [0.25, 0.3) is 5.76 Å². The summed E-state index contributed by atoms with van der Waals surface area (Å²) in [6.45, 7) is 6.50. The fourth-order valence-electron chi connectivity index (χ4n) is 5.42. The number of aliphatic hydroxyl groups excluding tert-OH is 1. The zero-order valence-electron chi connectivity index (χ0n) is 24.8. The van der Waals surface area contributed by atoms with Crippen LogP contribution in [0.2, 0.25) is 5.02 Å². The molecule has 3 heterocycles. The van der Waals surface area contributed by atoms with Crippen LogP contribution in [0.5, 0.6) is 17.2 Å². The molecular formula is C33H30ClN3O6S2. The highest BCUT2D eigenvalue weighted by Crippen LogP contribution is 2.46. The second-order valence-corrected chi connectivity index (χ2v) is 13.0.